The molecule has 0 heterocycles. The highest BCUT2D eigenvalue weighted by Crippen LogP contribution is 2.43. The van der Waals surface area contributed by atoms with Crippen LogP contribution in [0.1, 0.15) is 5.56 Å². The lowest BCUT2D eigenvalue weighted by atomic mass is 9.93. The molecule has 9 heteroatoms. The van der Waals surface area contributed by atoms with Crippen molar-refractivity contribution < 1.29 is 35.6 Å². The highest BCUT2D eigenvalue weighted by Gasteiger charge is 2.65. The third-order valence-corrected chi connectivity index (χ3v) is 2.63. The van der Waals surface area contributed by atoms with Crippen molar-refractivity contribution in [3.05, 3.63) is 35.9 Å². The maximum absolute atomic E-state index is 13.2. The number of esters is 1. The molecule has 0 radical (unpaired) electrons. The summed E-state index contributed by atoms with van der Waals surface area (Å²) in [6, 6.07) is 5.64. The van der Waals surface area contributed by atoms with Crippen molar-refractivity contribution in [2.24, 2.45) is 0 Å². The van der Waals surface area contributed by atoms with Gasteiger partial charge in [0.2, 0.25) is 0 Å². The van der Waals surface area contributed by atoms with Gasteiger partial charge in [-0.3, -0.25) is 4.18 Å². The van der Waals surface area contributed by atoms with Gasteiger partial charge in [0, 0.05) is 5.56 Å². The number of alkyl halides is 3. The minimum absolute atomic E-state index is 0.696. The van der Waals surface area contributed by atoms with E-state index in [2.05, 4.69) is 8.92 Å². The summed E-state index contributed by atoms with van der Waals surface area (Å²) >= 11 is -3.57. The molecule has 1 aromatic rings. The molecule has 5 nitrogen and oxygen atoms in total. The highest BCUT2D eigenvalue weighted by atomic mass is 32.2. The van der Waals surface area contributed by atoms with E-state index in [1.807, 2.05) is 0 Å². The SMILES string of the molecule is COC(=O)C(OS(=O)[O-])(c1ccccc1)C(F)(F)F. The van der Waals surface area contributed by atoms with Crippen molar-refractivity contribution in [3.8, 4) is 0 Å². The second-order valence-electron chi connectivity index (χ2n) is 3.32. The Hall–Kier alpha value is -1.45. The van der Waals surface area contributed by atoms with E-state index >= 15 is 0 Å². The Morgan fingerprint density at radius 1 is 1.26 bits per heavy atom. The van der Waals surface area contributed by atoms with Crippen LogP contribution in [0, 0.1) is 0 Å². The van der Waals surface area contributed by atoms with Crippen LogP contribution < -0.4 is 0 Å². The van der Waals surface area contributed by atoms with Gasteiger partial charge in [-0.25, -0.2) is 9.00 Å². The monoisotopic (exact) mass is 297 g/mol. The normalized spacial score (nSPS) is 16.5. The number of carbonyl (C=O) groups is 1. The maximum atomic E-state index is 13.2. The number of rotatable bonds is 4. The fourth-order valence-corrected chi connectivity index (χ4v) is 1.91. The lowest BCUT2D eigenvalue weighted by Gasteiger charge is -2.33. The third kappa shape index (κ3) is 2.94. The molecule has 0 saturated heterocycles. The van der Waals surface area contributed by atoms with Crippen molar-refractivity contribution in [1.29, 1.82) is 0 Å². The first kappa shape index (κ1) is 15.6. The molecule has 0 N–H and O–H groups in total. The van der Waals surface area contributed by atoms with Crippen LogP contribution in [0.15, 0.2) is 30.3 Å². The molecule has 2 unspecified atom stereocenters. The molecule has 0 amide bonds. The predicted molar refractivity (Wildman–Crippen MR) is 56.2 cm³/mol. The average molecular weight is 297 g/mol. The summed E-state index contributed by atoms with van der Waals surface area (Å²) < 4.78 is 68.4. The Morgan fingerprint density at radius 3 is 2.16 bits per heavy atom. The van der Waals surface area contributed by atoms with Gasteiger partial charge >= 0.3 is 12.1 Å². The Bertz CT molecular complexity index is 476. The zero-order valence-corrected chi connectivity index (χ0v) is 10.3. The van der Waals surface area contributed by atoms with Crippen molar-refractivity contribution in [2.75, 3.05) is 7.11 Å². The van der Waals surface area contributed by atoms with Crippen molar-refractivity contribution in [1.82, 2.24) is 0 Å². The fraction of sp³-hybridized carbons (Fsp3) is 0.300. The first-order chi connectivity index (χ1) is 8.75. The largest absolute Gasteiger partial charge is 0.750 e. The number of ether oxygens (including phenoxy) is 1. The van der Waals surface area contributed by atoms with Gasteiger partial charge in [0.25, 0.3) is 5.60 Å². The molecule has 0 fully saturated rings. The minimum atomic E-state index is -5.32. The lowest BCUT2D eigenvalue weighted by molar-refractivity contribution is -0.256. The van der Waals surface area contributed by atoms with E-state index in [0.717, 1.165) is 12.1 Å². The first-order valence-electron chi connectivity index (χ1n) is 4.75. The van der Waals surface area contributed by atoms with Crippen LogP contribution in [0.4, 0.5) is 13.2 Å². The van der Waals surface area contributed by atoms with Crippen LogP contribution in [0.25, 0.3) is 0 Å². The summed E-state index contributed by atoms with van der Waals surface area (Å²) in [5, 5.41) is 0. The summed E-state index contributed by atoms with van der Waals surface area (Å²) in [5.41, 5.74) is -4.41. The van der Waals surface area contributed by atoms with Gasteiger partial charge in [0.1, 0.15) is 0 Å². The number of methoxy groups -OCH3 is 1. The quantitative estimate of drug-likeness (QED) is 0.620. The minimum Gasteiger partial charge on any atom is -0.750 e. The van der Waals surface area contributed by atoms with Crippen molar-refractivity contribution >= 4 is 17.3 Å². The number of benzene rings is 1. The Balaban J connectivity index is 3.53. The van der Waals surface area contributed by atoms with Gasteiger partial charge in [0.05, 0.1) is 18.5 Å². The Labute approximate surface area is 108 Å². The van der Waals surface area contributed by atoms with E-state index in [0.29, 0.717) is 7.11 Å². The second-order valence-corrected chi connectivity index (χ2v) is 3.90. The van der Waals surface area contributed by atoms with E-state index in [9.17, 15) is 26.7 Å². The number of hydrogen-bond acceptors (Lipinski definition) is 5. The number of halogens is 3. The predicted octanol–water partition coefficient (Wildman–Crippen LogP) is 1.43. The van der Waals surface area contributed by atoms with E-state index < -0.39 is 34.7 Å². The number of carbonyl (C=O) groups excluding carboxylic acids is 1. The van der Waals surface area contributed by atoms with Crippen LogP contribution >= 0.6 is 0 Å². The molecule has 0 bridgehead atoms. The van der Waals surface area contributed by atoms with Gasteiger partial charge in [-0.15, -0.1) is 0 Å². The molecule has 0 aliphatic rings. The highest BCUT2D eigenvalue weighted by molar-refractivity contribution is 7.74. The fourth-order valence-electron chi connectivity index (χ4n) is 1.45. The molecule has 1 rings (SSSR count). The Morgan fingerprint density at radius 2 is 1.79 bits per heavy atom. The molecular weight excluding hydrogens is 289 g/mol. The molecule has 0 aromatic heterocycles. The zero-order valence-electron chi connectivity index (χ0n) is 9.47. The third-order valence-electron chi connectivity index (χ3n) is 2.25. The van der Waals surface area contributed by atoms with Crippen molar-refractivity contribution in [3.63, 3.8) is 0 Å². The van der Waals surface area contributed by atoms with E-state index in [1.165, 1.54) is 18.2 Å². The zero-order chi connectivity index (χ0) is 14.7. The molecular formula is C10H8F3O5S-. The summed E-state index contributed by atoms with van der Waals surface area (Å²) in [4.78, 5) is 11.5. The smallest absolute Gasteiger partial charge is 0.434 e. The van der Waals surface area contributed by atoms with Gasteiger partial charge in [-0.2, -0.15) is 13.2 Å². The summed E-state index contributed by atoms with van der Waals surface area (Å²) in [6.07, 6.45) is -5.32. The van der Waals surface area contributed by atoms with Crippen LogP contribution in [-0.4, -0.2) is 28.0 Å². The van der Waals surface area contributed by atoms with Crippen LogP contribution in [0.5, 0.6) is 0 Å². The summed E-state index contributed by atoms with van der Waals surface area (Å²) in [6.45, 7) is 0. The first-order valence-corrected chi connectivity index (χ1v) is 5.75. The molecule has 0 aliphatic heterocycles. The van der Waals surface area contributed by atoms with Gasteiger partial charge < -0.3 is 9.29 Å². The molecule has 2 atom stereocenters. The van der Waals surface area contributed by atoms with Gasteiger partial charge in [-0.1, -0.05) is 30.3 Å². The molecule has 19 heavy (non-hydrogen) atoms. The standard InChI is InChI=1S/C10H9F3O5S/c1-17-8(14)9(10(11,12)13,18-19(15)16)7-5-3-2-4-6-7/h2-6H,1H3,(H,15,16)/p-1. The Kier molecular flexibility index (Phi) is 4.66. The molecule has 1 aromatic carbocycles. The van der Waals surface area contributed by atoms with Crippen LogP contribution in [0.3, 0.4) is 0 Å². The lowest BCUT2D eigenvalue weighted by Crippen LogP contribution is -2.52. The van der Waals surface area contributed by atoms with E-state index in [-0.39, 0.29) is 0 Å². The van der Waals surface area contributed by atoms with Gasteiger partial charge in [0.15, 0.2) is 0 Å². The van der Waals surface area contributed by atoms with Gasteiger partial charge in [-0.05, 0) is 0 Å². The topological polar surface area (TPSA) is 75.7 Å². The van der Waals surface area contributed by atoms with Crippen LogP contribution in [0.2, 0.25) is 0 Å². The maximum Gasteiger partial charge on any atom is 0.434 e. The molecule has 106 valence electrons. The second kappa shape index (κ2) is 5.68. The average Bonchev–Trinajstić information content (AvgIpc) is 2.34. The number of hydrogen-bond donors (Lipinski definition) is 0. The molecule has 0 saturated carbocycles. The van der Waals surface area contributed by atoms with Crippen molar-refractivity contribution in [2.45, 2.75) is 11.8 Å². The summed E-state index contributed by atoms with van der Waals surface area (Å²) in [7, 11) is 0.697. The molecule has 0 spiro atoms. The van der Waals surface area contributed by atoms with E-state index in [1.54, 1.807) is 0 Å². The molecule has 0 aliphatic carbocycles. The summed E-state index contributed by atoms with van der Waals surface area (Å²) in [5.74, 6) is -1.88. The van der Waals surface area contributed by atoms with Crippen LogP contribution in [-0.2, 0) is 30.7 Å². The van der Waals surface area contributed by atoms with E-state index in [4.69, 9.17) is 0 Å².